The maximum Gasteiger partial charge on any atom is 0.0998 e. The molecule has 1 aliphatic heterocycles. The fraction of sp³-hybridized carbons (Fsp3) is 0.0435. The number of aromatic nitrogens is 1. The number of nitriles is 2. The summed E-state index contributed by atoms with van der Waals surface area (Å²) in [5.74, 6) is 0.0836. The Kier molecular flexibility index (Phi) is 12.1. The van der Waals surface area contributed by atoms with Crippen LogP contribution in [0, 0.1) is 29.6 Å². The maximum absolute atomic E-state index is 10.9. The highest BCUT2D eigenvalue weighted by atomic mass is 15.2. The van der Waals surface area contributed by atoms with Crippen LogP contribution in [0.25, 0.3) is 44.9 Å². The first-order chi connectivity index (χ1) is 37.0. The number of nitrogens with zero attached hydrogens (tertiary/aromatic N) is 6. The Hall–Kier alpha value is -10.1. The predicted octanol–water partition coefficient (Wildman–Crippen LogP) is 17.6. The van der Waals surface area contributed by atoms with Crippen LogP contribution in [0.4, 0.5) is 39.8 Å². The monoisotopic (exact) mass is 962 g/mol. The van der Waals surface area contributed by atoms with Gasteiger partial charge in [0.25, 0.3) is 0 Å². The second kappa shape index (κ2) is 19.8. The van der Waals surface area contributed by atoms with Gasteiger partial charge < -0.3 is 19.3 Å². The SMILES string of the molecule is C=C/C=C\c1c(C)n(-c2cccc(-c3cc(C#N)c(-c4cccc(N5c6ccccc6C6C=C(N(c7ccccc7)c7ccccc7)C=CC65)c4)cc3C#N)c2)c2ccc(N(c3ccccc3)c3ccccc3)cc12. The van der Waals surface area contributed by atoms with Gasteiger partial charge in [0, 0.05) is 84.9 Å². The fourth-order valence-corrected chi connectivity index (χ4v) is 11.2. The summed E-state index contributed by atoms with van der Waals surface area (Å²) in [6.07, 6.45) is 12.9. The Bertz CT molecular complexity index is 3890. The minimum Gasteiger partial charge on any atom is -0.333 e. The summed E-state index contributed by atoms with van der Waals surface area (Å²) in [6.45, 7) is 6.13. The number of hydrogen-bond donors (Lipinski definition) is 0. The summed E-state index contributed by atoms with van der Waals surface area (Å²) in [5, 5.41) is 22.9. The molecule has 10 aromatic rings. The van der Waals surface area contributed by atoms with Gasteiger partial charge in [-0.25, -0.2) is 0 Å². The molecular weight excluding hydrogens is 913 g/mol. The molecule has 75 heavy (non-hydrogen) atoms. The van der Waals surface area contributed by atoms with Crippen molar-refractivity contribution >= 4 is 56.8 Å². The first-order valence-corrected chi connectivity index (χ1v) is 25.2. The van der Waals surface area contributed by atoms with Gasteiger partial charge in [-0.05, 0) is 139 Å². The number of anilines is 7. The first-order valence-electron chi connectivity index (χ1n) is 25.2. The molecule has 0 saturated heterocycles. The average Bonchev–Trinajstić information content (AvgIpc) is 3.95. The normalized spacial score (nSPS) is 14.4. The molecule has 0 fully saturated rings. The molecule has 6 nitrogen and oxygen atoms in total. The lowest BCUT2D eigenvalue weighted by Crippen LogP contribution is -2.30. The molecule has 0 spiro atoms. The van der Waals surface area contributed by atoms with Crippen molar-refractivity contribution in [2.24, 2.45) is 0 Å². The summed E-state index contributed by atoms with van der Waals surface area (Å²) in [5.41, 5.74) is 18.1. The van der Waals surface area contributed by atoms with Gasteiger partial charge >= 0.3 is 0 Å². The highest BCUT2D eigenvalue weighted by Crippen LogP contribution is 2.50. The van der Waals surface area contributed by atoms with Crippen molar-refractivity contribution in [3.05, 3.63) is 295 Å². The van der Waals surface area contributed by atoms with E-state index in [0.717, 1.165) is 84.5 Å². The molecule has 2 unspecified atom stereocenters. The maximum atomic E-state index is 10.9. The summed E-state index contributed by atoms with van der Waals surface area (Å²) in [7, 11) is 0. The second-order valence-corrected chi connectivity index (χ2v) is 18.8. The third-order valence-corrected chi connectivity index (χ3v) is 14.5. The third kappa shape index (κ3) is 8.37. The molecule has 0 N–H and O–H groups in total. The van der Waals surface area contributed by atoms with Gasteiger partial charge in [-0.1, -0.05) is 152 Å². The molecule has 12 rings (SSSR count). The lowest BCUT2D eigenvalue weighted by molar-refractivity contribution is 0.736. The Balaban J connectivity index is 0.899. The number of fused-ring (bicyclic) bond motifs is 4. The Morgan fingerprint density at radius 3 is 1.64 bits per heavy atom. The predicted molar refractivity (Wildman–Crippen MR) is 310 cm³/mol. The second-order valence-electron chi connectivity index (χ2n) is 18.8. The van der Waals surface area contributed by atoms with Crippen molar-refractivity contribution in [3.8, 4) is 40.1 Å². The van der Waals surface area contributed by atoms with Crippen LogP contribution in [-0.4, -0.2) is 10.6 Å². The highest BCUT2D eigenvalue weighted by molar-refractivity contribution is 5.97. The van der Waals surface area contributed by atoms with E-state index in [1.165, 1.54) is 5.56 Å². The molecule has 6 heteroatoms. The first kappa shape index (κ1) is 46.0. The van der Waals surface area contributed by atoms with E-state index in [1.807, 2.05) is 48.5 Å². The fourth-order valence-electron chi connectivity index (χ4n) is 11.2. The van der Waals surface area contributed by atoms with Crippen molar-refractivity contribution in [1.82, 2.24) is 4.57 Å². The van der Waals surface area contributed by atoms with Crippen LogP contribution >= 0.6 is 0 Å². The van der Waals surface area contributed by atoms with Crippen molar-refractivity contribution in [2.75, 3.05) is 14.7 Å². The van der Waals surface area contributed by atoms with E-state index in [4.69, 9.17) is 0 Å². The number of benzene rings is 9. The van der Waals surface area contributed by atoms with E-state index in [-0.39, 0.29) is 12.0 Å². The summed E-state index contributed by atoms with van der Waals surface area (Å²) in [4.78, 5) is 7.01. The highest BCUT2D eigenvalue weighted by Gasteiger charge is 2.39. The van der Waals surface area contributed by atoms with Crippen molar-refractivity contribution in [2.45, 2.75) is 18.9 Å². The minimum absolute atomic E-state index is 0.0185. The van der Waals surface area contributed by atoms with E-state index < -0.39 is 0 Å². The van der Waals surface area contributed by atoms with E-state index in [9.17, 15) is 10.5 Å². The molecule has 1 aromatic heterocycles. The van der Waals surface area contributed by atoms with E-state index in [2.05, 4.69) is 251 Å². The van der Waals surface area contributed by atoms with E-state index in [1.54, 1.807) is 6.08 Å². The molecular formula is C69H50N6. The van der Waals surface area contributed by atoms with Gasteiger partial charge in [0.1, 0.15) is 0 Å². The molecule has 9 aromatic carbocycles. The molecule has 0 bridgehead atoms. The molecule has 1 aliphatic carbocycles. The van der Waals surface area contributed by atoms with E-state index >= 15 is 0 Å². The number of allylic oxidation sites excluding steroid dienone is 3. The zero-order valence-electron chi connectivity index (χ0n) is 41.4. The average molecular weight is 963 g/mol. The third-order valence-electron chi connectivity index (χ3n) is 14.5. The number of hydrogen-bond acceptors (Lipinski definition) is 5. The minimum atomic E-state index is 0.0185. The van der Waals surface area contributed by atoms with Gasteiger partial charge in [-0.15, -0.1) is 0 Å². The number of rotatable bonds is 12. The Morgan fingerprint density at radius 1 is 0.533 bits per heavy atom. The number of para-hydroxylation sites is 5. The van der Waals surface area contributed by atoms with Gasteiger partial charge in [-0.3, -0.25) is 0 Å². The lowest BCUT2D eigenvalue weighted by atomic mass is 9.89. The van der Waals surface area contributed by atoms with Crippen LogP contribution in [0.1, 0.15) is 33.9 Å². The quantitative estimate of drug-likeness (QED) is 0.114. The van der Waals surface area contributed by atoms with Gasteiger partial charge in [-0.2, -0.15) is 10.5 Å². The standard InChI is InChI=1S/C69H50N6/c1-3-4-33-61-48(2)72(68-38-36-59(44-65(61)68)73(53-23-9-5-10-24-53)54-25-11-6-12-26-54)57-31-19-21-49(40-57)63-42-52(47-71)64(43-51(63)46-70)50-22-20-32-58(41-50)75-67-35-18-17-34-62(67)66-45-60(37-39-69(66)75)74(55-27-13-7-14-28-55)56-29-15-8-16-30-56/h3-45,66,69H,1H2,2H3/b33-4-. The van der Waals surface area contributed by atoms with Crippen molar-refractivity contribution in [3.63, 3.8) is 0 Å². The molecule has 356 valence electrons. The van der Waals surface area contributed by atoms with Crippen LogP contribution in [0.15, 0.2) is 267 Å². The van der Waals surface area contributed by atoms with Crippen LogP contribution < -0.4 is 14.7 Å². The summed E-state index contributed by atoms with van der Waals surface area (Å²) >= 11 is 0. The molecule has 0 saturated carbocycles. The van der Waals surface area contributed by atoms with Gasteiger partial charge in [0.05, 0.1) is 34.8 Å². The summed E-state index contributed by atoms with van der Waals surface area (Å²) in [6, 6.07) is 82.7. The lowest BCUT2D eigenvalue weighted by Gasteiger charge is -2.33. The smallest absolute Gasteiger partial charge is 0.0998 e. The largest absolute Gasteiger partial charge is 0.333 e. The zero-order chi connectivity index (χ0) is 50.8. The van der Waals surface area contributed by atoms with Crippen LogP contribution in [-0.2, 0) is 0 Å². The molecule has 0 radical (unpaired) electrons. The Morgan fingerprint density at radius 2 is 1.07 bits per heavy atom. The van der Waals surface area contributed by atoms with Gasteiger partial charge in [0.2, 0.25) is 0 Å². The molecule has 2 aliphatic rings. The van der Waals surface area contributed by atoms with Crippen molar-refractivity contribution in [1.29, 1.82) is 10.5 Å². The van der Waals surface area contributed by atoms with Crippen molar-refractivity contribution < 1.29 is 0 Å². The van der Waals surface area contributed by atoms with Crippen LogP contribution in [0.5, 0.6) is 0 Å². The van der Waals surface area contributed by atoms with Gasteiger partial charge in [0.15, 0.2) is 0 Å². The van der Waals surface area contributed by atoms with E-state index in [0.29, 0.717) is 22.3 Å². The molecule has 0 amide bonds. The van der Waals surface area contributed by atoms with Crippen LogP contribution in [0.3, 0.4) is 0 Å². The topological polar surface area (TPSA) is 62.2 Å². The zero-order valence-corrected chi connectivity index (χ0v) is 41.4. The molecule has 2 atom stereocenters. The summed E-state index contributed by atoms with van der Waals surface area (Å²) < 4.78 is 2.28. The molecule has 2 heterocycles. The Labute approximate surface area is 438 Å². The van der Waals surface area contributed by atoms with Crippen LogP contribution in [0.2, 0.25) is 0 Å².